The van der Waals surface area contributed by atoms with Gasteiger partial charge < -0.3 is 14.7 Å². The maximum absolute atomic E-state index is 12.2. The van der Waals surface area contributed by atoms with Crippen molar-refractivity contribution in [1.29, 1.82) is 0 Å². The number of nitrogens with zero attached hydrogens (tertiary/aromatic N) is 4. The van der Waals surface area contributed by atoms with Gasteiger partial charge in [0.1, 0.15) is 5.60 Å². The molecule has 1 aliphatic carbocycles. The van der Waals surface area contributed by atoms with Gasteiger partial charge in [0.05, 0.1) is 23.3 Å². The lowest BCUT2D eigenvalue weighted by atomic mass is 9.89. The normalized spacial score (nSPS) is 21.7. The van der Waals surface area contributed by atoms with Crippen molar-refractivity contribution < 1.29 is 19.4 Å². The molecule has 25 heavy (non-hydrogen) atoms. The first-order valence-electron chi connectivity index (χ1n) is 8.88. The van der Waals surface area contributed by atoms with Crippen molar-refractivity contribution in [1.82, 2.24) is 19.9 Å². The van der Waals surface area contributed by atoms with Crippen LogP contribution in [0.4, 0.5) is 4.79 Å². The SMILES string of the molecule is CC(C)(C)OC(=O)N1CCC(n2nnc3c2CC(C(=O)O)CC3)CC1. The molecule has 2 aliphatic rings. The van der Waals surface area contributed by atoms with Crippen molar-refractivity contribution in [2.75, 3.05) is 13.1 Å². The highest BCUT2D eigenvalue weighted by Crippen LogP contribution is 2.30. The highest BCUT2D eigenvalue weighted by atomic mass is 16.6. The van der Waals surface area contributed by atoms with Crippen molar-refractivity contribution in [2.45, 2.75) is 64.5 Å². The van der Waals surface area contributed by atoms with Gasteiger partial charge in [-0.3, -0.25) is 4.79 Å². The van der Waals surface area contributed by atoms with Crippen LogP contribution in [0, 0.1) is 5.92 Å². The Balaban J connectivity index is 1.64. The number of aryl methyl sites for hydroxylation is 1. The Hall–Kier alpha value is -2.12. The van der Waals surface area contributed by atoms with Gasteiger partial charge in [-0.25, -0.2) is 9.48 Å². The molecule has 1 aromatic heterocycles. The quantitative estimate of drug-likeness (QED) is 0.876. The van der Waals surface area contributed by atoms with E-state index < -0.39 is 11.6 Å². The summed E-state index contributed by atoms with van der Waals surface area (Å²) in [5.41, 5.74) is 1.38. The lowest BCUT2D eigenvalue weighted by Gasteiger charge is -2.34. The van der Waals surface area contributed by atoms with Gasteiger partial charge in [0.2, 0.25) is 0 Å². The summed E-state index contributed by atoms with van der Waals surface area (Å²) in [6.45, 7) is 6.79. The molecule has 1 N–H and O–H groups in total. The minimum Gasteiger partial charge on any atom is -0.481 e. The summed E-state index contributed by atoms with van der Waals surface area (Å²) in [5.74, 6) is -1.11. The van der Waals surface area contributed by atoms with Gasteiger partial charge in [-0.1, -0.05) is 5.21 Å². The Morgan fingerprint density at radius 2 is 1.88 bits per heavy atom. The number of aromatic nitrogens is 3. The van der Waals surface area contributed by atoms with Crippen LogP contribution in [0.3, 0.4) is 0 Å². The molecule has 1 aromatic rings. The summed E-state index contributed by atoms with van der Waals surface area (Å²) in [6, 6.07) is 0.155. The van der Waals surface area contributed by atoms with Crippen LogP contribution in [0.2, 0.25) is 0 Å². The number of piperidine rings is 1. The highest BCUT2D eigenvalue weighted by molar-refractivity contribution is 5.70. The Kier molecular flexibility index (Phi) is 4.71. The van der Waals surface area contributed by atoms with Crippen molar-refractivity contribution in [3.63, 3.8) is 0 Å². The second-order valence-corrected chi connectivity index (χ2v) is 7.90. The van der Waals surface area contributed by atoms with Gasteiger partial charge in [0.15, 0.2) is 0 Å². The second kappa shape index (κ2) is 6.65. The molecule has 1 unspecified atom stereocenters. The van der Waals surface area contributed by atoms with E-state index >= 15 is 0 Å². The largest absolute Gasteiger partial charge is 0.481 e. The summed E-state index contributed by atoms with van der Waals surface area (Å²) in [5, 5.41) is 17.8. The summed E-state index contributed by atoms with van der Waals surface area (Å²) in [4.78, 5) is 25.2. The topological polar surface area (TPSA) is 97.5 Å². The van der Waals surface area contributed by atoms with E-state index in [1.165, 1.54) is 0 Å². The molecule has 0 radical (unpaired) electrons. The third-order valence-electron chi connectivity index (χ3n) is 4.85. The molecule has 0 saturated carbocycles. The van der Waals surface area contributed by atoms with Gasteiger partial charge in [-0.15, -0.1) is 5.10 Å². The molecule has 1 fully saturated rings. The predicted octanol–water partition coefficient (Wildman–Crippen LogP) is 2.04. The monoisotopic (exact) mass is 350 g/mol. The number of rotatable bonds is 2. The summed E-state index contributed by atoms with van der Waals surface area (Å²) in [6.07, 6.45) is 3.04. The van der Waals surface area contributed by atoms with E-state index in [0.717, 1.165) is 24.2 Å². The Bertz CT molecular complexity index is 656. The van der Waals surface area contributed by atoms with Gasteiger partial charge in [0.25, 0.3) is 0 Å². The fourth-order valence-electron chi connectivity index (χ4n) is 3.52. The van der Waals surface area contributed by atoms with Crippen LogP contribution in [0.5, 0.6) is 0 Å². The minimum absolute atomic E-state index is 0.155. The number of fused-ring (bicyclic) bond motifs is 1. The van der Waals surface area contributed by atoms with E-state index in [4.69, 9.17) is 4.74 Å². The first kappa shape index (κ1) is 17.7. The molecule has 1 amide bonds. The van der Waals surface area contributed by atoms with Gasteiger partial charge in [0, 0.05) is 19.5 Å². The number of hydrogen-bond donors (Lipinski definition) is 1. The molecule has 1 aliphatic heterocycles. The van der Waals surface area contributed by atoms with Crippen molar-refractivity contribution in [3.8, 4) is 0 Å². The van der Waals surface area contributed by atoms with Crippen LogP contribution in [0.1, 0.15) is 57.5 Å². The lowest BCUT2D eigenvalue weighted by molar-refractivity contribution is -0.142. The minimum atomic E-state index is -0.752. The number of carbonyl (C=O) groups excluding carboxylic acids is 1. The maximum Gasteiger partial charge on any atom is 0.410 e. The third-order valence-corrected chi connectivity index (χ3v) is 4.85. The van der Waals surface area contributed by atoms with Crippen LogP contribution < -0.4 is 0 Å². The van der Waals surface area contributed by atoms with E-state index in [1.807, 2.05) is 25.5 Å². The molecule has 1 saturated heterocycles. The average molecular weight is 350 g/mol. The standard InChI is InChI=1S/C17H26N4O4/c1-17(2,3)25-16(24)20-8-6-12(7-9-20)21-14-10-11(15(22)23)4-5-13(14)18-19-21/h11-12H,4-10H2,1-3H3,(H,22,23). The number of carboxylic acids is 1. The number of carboxylic acid groups (broad SMARTS) is 1. The first-order valence-corrected chi connectivity index (χ1v) is 8.88. The molecule has 1 atom stereocenters. The molecule has 0 spiro atoms. The number of amides is 1. The Morgan fingerprint density at radius 1 is 1.20 bits per heavy atom. The Morgan fingerprint density at radius 3 is 2.48 bits per heavy atom. The van der Waals surface area contributed by atoms with Crippen LogP contribution in [-0.2, 0) is 22.4 Å². The molecular formula is C17H26N4O4. The van der Waals surface area contributed by atoms with Gasteiger partial charge >= 0.3 is 12.1 Å². The van der Waals surface area contributed by atoms with E-state index in [2.05, 4.69) is 10.3 Å². The molecule has 0 bridgehead atoms. The fraction of sp³-hybridized carbons (Fsp3) is 0.765. The predicted molar refractivity (Wildman–Crippen MR) is 89.3 cm³/mol. The molecule has 2 heterocycles. The smallest absolute Gasteiger partial charge is 0.410 e. The number of aliphatic carboxylic acids is 1. The zero-order chi connectivity index (χ0) is 18.2. The van der Waals surface area contributed by atoms with E-state index in [9.17, 15) is 14.7 Å². The Labute approximate surface area is 147 Å². The number of hydrogen-bond acceptors (Lipinski definition) is 5. The summed E-state index contributed by atoms with van der Waals surface area (Å²) >= 11 is 0. The zero-order valence-corrected chi connectivity index (χ0v) is 15.1. The van der Waals surface area contributed by atoms with Crippen LogP contribution in [-0.4, -0.2) is 55.8 Å². The molecule has 8 heteroatoms. The third kappa shape index (κ3) is 3.93. The van der Waals surface area contributed by atoms with Crippen molar-refractivity contribution >= 4 is 12.1 Å². The maximum atomic E-state index is 12.2. The highest BCUT2D eigenvalue weighted by Gasteiger charge is 2.33. The first-order chi connectivity index (χ1) is 11.7. The number of ether oxygens (including phenoxy) is 1. The molecular weight excluding hydrogens is 324 g/mol. The summed E-state index contributed by atoms with van der Waals surface area (Å²) in [7, 11) is 0. The number of likely N-dealkylation sites (tertiary alicyclic amines) is 1. The van der Waals surface area contributed by atoms with Gasteiger partial charge in [-0.05, 0) is 46.5 Å². The molecule has 8 nitrogen and oxygen atoms in total. The number of carbonyl (C=O) groups is 2. The second-order valence-electron chi connectivity index (χ2n) is 7.90. The van der Waals surface area contributed by atoms with Crippen molar-refractivity contribution in [2.24, 2.45) is 5.92 Å². The van der Waals surface area contributed by atoms with Crippen LogP contribution in [0.25, 0.3) is 0 Å². The van der Waals surface area contributed by atoms with Crippen LogP contribution >= 0.6 is 0 Å². The average Bonchev–Trinajstić information content (AvgIpc) is 2.96. The van der Waals surface area contributed by atoms with E-state index in [-0.39, 0.29) is 18.1 Å². The van der Waals surface area contributed by atoms with Gasteiger partial charge in [-0.2, -0.15) is 0 Å². The van der Waals surface area contributed by atoms with E-state index in [1.54, 1.807) is 4.90 Å². The summed E-state index contributed by atoms with van der Waals surface area (Å²) < 4.78 is 7.32. The molecule has 0 aromatic carbocycles. The zero-order valence-electron chi connectivity index (χ0n) is 15.1. The molecule has 138 valence electrons. The van der Waals surface area contributed by atoms with Crippen molar-refractivity contribution in [3.05, 3.63) is 11.4 Å². The lowest BCUT2D eigenvalue weighted by Crippen LogP contribution is -2.42. The van der Waals surface area contributed by atoms with E-state index in [0.29, 0.717) is 32.4 Å². The molecule has 3 rings (SSSR count). The van der Waals surface area contributed by atoms with Crippen LogP contribution in [0.15, 0.2) is 0 Å². The fourth-order valence-corrected chi connectivity index (χ4v) is 3.52.